The normalized spacial score (nSPS) is 12.1. The van der Waals surface area contributed by atoms with Crippen molar-refractivity contribution in [2.45, 2.75) is 76.1 Å². The quantitative estimate of drug-likeness (QED) is 0.237. The lowest BCUT2D eigenvalue weighted by Crippen LogP contribution is -2.06. The zero-order chi connectivity index (χ0) is 16.0. The lowest BCUT2D eigenvalue weighted by atomic mass is 10.1. The minimum absolute atomic E-state index is 0.117. The molecule has 0 aliphatic rings. The Bertz CT molecular complexity index is 392. The largest absolute Gasteiger partial charge is 0.446 e. The summed E-state index contributed by atoms with van der Waals surface area (Å²) in [6.45, 7) is 2.24. The average molecular weight is 369 g/mol. The van der Waals surface area contributed by atoms with E-state index in [0.717, 1.165) is 18.4 Å². The van der Waals surface area contributed by atoms with Crippen LogP contribution in [-0.2, 0) is 9.53 Å². The number of hydrogen-bond acceptors (Lipinski definition) is 2. The van der Waals surface area contributed by atoms with Crippen LogP contribution in [-0.4, -0.2) is 5.97 Å². The SMILES string of the molecule is CCCCCCCCCCCC(=O)OC(Br)c1ccccc1. The molecule has 0 fully saturated rings. The summed E-state index contributed by atoms with van der Waals surface area (Å²) >= 11 is 3.41. The second-order valence-electron chi connectivity index (χ2n) is 5.80. The average Bonchev–Trinajstić information content (AvgIpc) is 2.54. The molecule has 0 aliphatic carbocycles. The van der Waals surface area contributed by atoms with E-state index in [4.69, 9.17) is 4.74 Å². The maximum Gasteiger partial charge on any atom is 0.307 e. The number of unbranched alkanes of at least 4 members (excludes halogenated alkanes) is 8. The molecule has 0 aliphatic heterocycles. The van der Waals surface area contributed by atoms with Crippen LogP contribution in [0.4, 0.5) is 0 Å². The van der Waals surface area contributed by atoms with Crippen molar-refractivity contribution in [3.63, 3.8) is 0 Å². The Labute approximate surface area is 143 Å². The Hall–Kier alpha value is -0.830. The summed E-state index contributed by atoms with van der Waals surface area (Å²) in [6, 6.07) is 9.74. The van der Waals surface area contributed by atoms with E-state index in [-0.39, 0.29) is 11.0 Å². The van der Waals surface area contributed by atoms with Gasteiger partial charge in [-0.1, -0.05) is 88.6 Å². The Morgan fingerprint density at radius 2 is 1.50 bits per heavy atom. The molecule has 0 bridgehead atoms. The number of carbonyl (C=O) groups excluding carboxylic acids is 1. The van der Waals surface area contributed by atoms with E-state index < -0.39 is 0 Å². The predicted molar refractivity (Wildman–Crippen MR) is 96.0 cm³/mol. The maximum absolute atomic E-state index is 11.8. The summed E-state index contributed by atoms with van der Waals surface area (Å²) in [4.78, 5) is 11.8. The molecule has 1 aromatic carbocycles. The highest BCUT2D eigenvalue weighted by atomic mass is 79.9. The van der Waals surface area contributed by atoms with E-state index >= 15 is 0 Å². The van der Waals surface area contributed by atoms with Gasteiger partial charge < -0.3 is 4.74 Å². The third kappa shape index (κ3) is 9.24. The van der Waals surface area contributed by atoms with Gasteiger partial charge in [0.25, 0.3) is 0 Å². The van der Waals surface area contributed by atoms with Crippen LogP contribution in [0.15, 0.2) is 30.3 Å². The topological polar surface area (TPSA) is 26.3 Å². The number of carbonyl (C=O) groups is 1. The van der Waals surface area contributed by atoms with Crippen molar-refractivity contribution >= 4 is 21.9 Å². The van der Waals surface area contributed by atoms with E-state index in [1.165, 1.54) is 44.9 Å². The highest BCUT2D eigenvalue weighted by Gasteiger charge is 2.12. The third-order valence-corrected chi connectivity index (χ3v) is 4.50. The molecule has 1 unspecified atom stereocenters. The van der Waals surface area contributed by atoms with Gasteiger partial charge >= 0.3 is 5.97 Å². The molecule has 1 atom stereocenters. The number of hydrogen-bond donors (Lipinski definition) is 0. The van der Waals surface area contributed by atoms with Gasteiger partial charge in [0.05, 0.1) is 0 Å². The summed E-state index contributed by atoms with van der Waals surface area (Å²) in [6.07, 6.45) is 11.8. The third-order valence-electron chi connectivity index (χ3n) is 3.78. The fraction of sp³-hybridized carbons (Fsp3) is 0.632. The van der Waals surface area contributed by atoms with Gasteiger partial charge in [-0.25, -0.2) is 0 Å². The number of alkyl halides is 1. The zero-order valence-corrected chi connectivity index (χ0v) is 15.3. The van der Waals surface area contributed by atoms with Gasteiger partial charge in [-0.05, 0) is 22.4 Å². The van der Waals surface area contributed by atoms with Gasteiger partial charge in [-0.3, -0.25) is 4.79 Å². The van der Waals surface area contributed by atoms with E-state index in [2.05, 4.69) is 22.9 Å². The van der Waals surface area contributed by atoms with Crippen LogP contribution >= 0.6 is 15.9 Å². The first kappa shape index (κ1) is 19.2. The molecule has 22 heavy (non-hydrogen) atoms. The molecule has 1 aromatic rings. The number of benzene rings is 1. The lowest BCUT2D eigenvalue weighted by molar-refractivity contribution is -0.145. The van der Waals surface area contributed by atoms with Crippen LogP contribution in [0.2, 0.25) is 0 Å². The second kappa shape index (κ2) is 12.7. The predicted octanol–water partition coefficient (Wildman–Crippen LogP) is 6.54. The first-order valence-electron chi connectivity index (χ1n) is 8.62. The van der Waals surface area contributed by atoms with Crippen molar-refractivity contribution < 1.29 is 9.53 Å². The Morgan fingerprint density at radius 3 is 2.09 bits per heavy atom. The number of rotatable bonds is 12. The van der Waals surface area contributed by atoms with Crippen LogP contribution in [0.25, 0.3) is 0 Å². The summed E-state index contributed by atoms with van der Waals surface area (Å²) < 4.78 is 5.39. The highest BCUT2D eigenvalue weighted by Crippen LogP contribution is 2.24. The van der Waals surface area contributed by atoms with E-state index in [9.17, 15) is 4.79 Å². The Kier molecular flexibility index (Phi) is 11.1. The van der Waals surface area contributed by atoms with Gasteiger partial charge in [-0.15, -0.1) is 0 Å². The van der Waals surface area contributed by atoms with Crippen LogP contribution in [0.5, 0.6) is 0 Å². The lowest BCUT2D eigenvalue weighted by Gasteiger charge is -2.11. The molecule has 124 valence electrons. The molecule has 0 saturated heterocycles. The first-order valence-corrected chi connectivity index (χ1v) is 9.54. The molecule has 0 amide bonds. The molecule has 0 spiro atoms. The van der Waals surface area contributed by atoms with Gasteiger partial charge in [0.15, 0.2) is 5.01 Å². The second-order valence-corrected chi connectivity index (χ2v) is 6.63. The zero-order valence-electron chi connectivity index (χ0n) is 13.7. The van der Waals surface area contributed by atoms with Crippen molar-refractivity contribution in [2.75, 3.05) is 0 Å². The summed E-state index contributed by atoms with van der Waals surface area (Å²) in [5, 5.41) is -0.334. The molecule has 0 aromatic heterocycles. The van der Waals surface area contributed by atoms with Crippen molar-refractivity contribution in [1.29, 1.82) is 0 Å². The minimum atomic E-state index is -0.334. The van der Waals surface area contributed by atoms with E-state index in [1.54, 1.807) is 0 Å². The Morgan fingerprint density at radius 1 is 0.955 bits per heavy atom. The van der Waals surface area contributed by atoms with Gasteiger partial charge in [0.2, 0.25) is 0 Å². The molecule has 1 rings (SSSR count). The number of halogens is 1. The molecule has 3 heteroatoms. The fourth-order valence-corrected chi connectivity index (χ4v) is 2.94. The van der Waals surface area contributed by atoms with Crippen LogP contribution in [0, 0.1) is 0 Å². The smallest absolute Gasteiger partial charge is 0.307 e. The number of ether oxygens (including phenoxy) is 1. The summed E-state index contributed by atoms with van der Waals surface area (Å²) in [5.74, 6) is -0.117. The molecular formula is C19H29BrO2. The number of esters is 1. The van der Waals surface area contributed by atoms with Crippen molar-refractivity contribution in [3.05, 3.63) is 35.9 Å². The summed E-state index contributed by atoms with van der Waals surface area (Å²) in [7, 11) is 0. The van der Waals surface area contributed by atoms with Crippen molar-refractivity contribution in [2.24, 2.45) is 0 Å². The molecule has 0 heterocycles. The van der Waals surface area contributed by atoms with Gasteiger partial charge in [-0.2, -0.15) is 0 Å². The van der Waals surface area contributed by atoms with Crippen LogP contribution in [0.1, 0.15) is 81.7 Å². The van der Waals surface area contributed by atoms with Crippen molar-refractivity contribution in [3.8, 4) is 0 Å². The first-order chi connectivity index (χ1) is 10.7. The van der Waals surface area contributed by atoms with E-state index in [0.29, 0.717) is 6.42 Å². The van der Waals surface area contributed by atoms with Gasteiger partial charge in [0.1, 0.15) is 0 Å². The fourth-order valence-electron chi connectivity index (χ4n) is 2.43. The molecular weight excluding hydrogens is 340 g/mol. The van der Waals surface area contributed by atoms with Gasteiger partial charge in [0, 0.05) is 12.0 Å². The molecule has 2 nitrogen and oxygen atoms in total. The minimum Gasteiger partial charge on any atom is -0.446 e. The Balaban J connectivity index is 2.00. The van der Waals surface area contributed by atoms with Crippen LogP contribution in [0.3, 0.4) is 0 Å². The van der Waals surface area contributed by atoms with E-state index in [1.807, 2.05) is 30.3 Å². The monoisotopic (exact) mass is 368 g/mol. The molecule has 0 N–H and O–H groups in total. The maximum atomic E-state index is 11.8. The molecule has 0 saturated carbocycles. The van der Waals surface area contributed by atoms with Crippen molar-refractivity contribution in [1.82, 2.24) is 0 Å². The highest BCUT2D eigenvalue weighted by molar-refractivity contribution is 9.09. The standard InChI is InChI=1S/C19H29BrO2/c1-2-3-4-5-6-7-8-9-13-16-18(21)22-19(20)17-14-11-10-12-15-17/h10-12,14-15,19H,2-9,13,16H2,1H3. The summed E-state index contributed by atoms with van der Waals surface area (Å²) in [5.41, 5.74) is 0.975. The molecule has 0 radical (unpaired) electrons. The van der Waals surface area contributed by atoms with Crippen LogP contribution < -0.4 is 0 Å².